The molecule has 16 heavy (non-hydrogen) atoms. The van der Waals surface area contributed by atoms with Gasteiger partial charge in [0.2, 0.25) is 0 Å². The third kappa shape index (κ3) is 1.91. The second kappa shape index (κ2) is 4.40. The molecule has 0 bridgehead atoms. The maximum absolute atomic E-state index is 5.65. The zero-order valence-corrected chi connectivity index (χ0v) is 9.26. The van der Waals surface area contributed by atoms with Crippen molar-refractivity contribution in [3.8, 4) is 0 Å². The van der Waals surface area contributed by atoms with Crippen molar-refractivity contribution in [2.75, 3.05) is 13.2 Å². The number of fused-ring (bicyclic) bond motifs is 1. The molecule has 2 heterocycles. The third-order valence-corrected chi connectivity index (χ3v) is 3.31. The summed E-state index contributed by atoms with van der Waals surface area (Å²) in [6.07, 6.45) is 4.61. The van der Waals surface area contributed by atoms with Crippen LogP contribution in [0.15, 0.2) is 35.9 Å². The summed E-state index contributed by atoms with van der Waals surface area (Å²) in [6.45, 7) is 1.57. The highest BCUT2D eigenvalue weighted by molar-refractivity contribution is 5.54. The Morgan fingerprint density at radius 1 is 1.12 bits per heavy atom. The largest absolute Gasteiger partial charge is 0.352 e. The molecule has 2 saturated heterocycles. The molecule has 2 heteroatoms. The van der Waals surface area contributed by atoms with E-state index in [1.807, 2.05) is 6.07 Å². The van der Waals surface area contributed by atoms with E-state index in [4.69, 9.17) is 9.47 Å². The predicted molar refractivity (Wildman–Crippen MR) is 62.8 cm³/mol. The number of ether oxygens (including phenoxy) is 2. The molecule has 0 aromatic heterocycles. The first-order valence-corrected chi connectivity index (χ1v) is 5.92. The minimum absolute atomic E-state index is 0.0173. The molecule has 1 aromatic rings. The van der Waals surface area contributed by atoms with Crippen molar-refractivity contribution in [3.63, 3.8) is 0 Å². The van der Waals surface area contributed by atoms with E-state index in [9.17, 15) is 0 Å². The lowest BCUT2D eigenvalue weighted by Gasteiger charge is -2.24. The van der Waals surface area contributed by atoms with Crippen LogP contribution < -0.4 is 0 Å². The number of rotatable bonds is 1. The van der Waals surface area contributed by atoms with E-state index < -0.39 is 0 Å². The smallest absolute Gasteiger partial charge is 0.164 e. The molecule has 0 N–H and O–H groups in total. The summed E-state index contributed by atoms with van der Waals surface area (Å²) in [5, 5.41) is 0. The molecule has 0 radical (unpaired) electrons. The molecule has 0 unspecified atom stereocenters. The van der Waals surface area contributed by atoms with Crippen LogP contribution in [-0.4, -0.2) is 19.5 Å². The first kappa shape index (κ1) is 10.1. The van der Waals surface area contributed by atoms with Crippen molar-refractivity contribution >= 4 is 6.08 Å². The molecule has 0 aliphatic carbocycles. The van der Waals surface area contributed by atoms with Gasteiger partial charge in [-0.05, 0) is 24.0 Å². The van der Waals surface area contributed by atoms with Gasteiger partial charge in [-0.15, -0.1) is 0 Å². The predicted octanol–water partition coefficient (Wildman–Crippen LogP) is 2.85. The summed E-state index contributed by atoms with van der Waals surface area (Å²) < 4.78 is 11.3. The molecule has 2 nitrogen and oxygen atoms in total. The first-order chi connectivity index (χ1) is 7.93. The zero-order valence-electron chi connectivity index (χ0n) is 9.26. The Balaban J connectivity index is 1.82. The zero-order chi connectivity index (χ0) is 10.8. The van der Waals surface area contributed by atoms with Gasteiger partial charge in [-0.3, -0.25) is 0 Å². The highest BCUT2D eigenvalue weighted by atomic mass is 16.7. The SMILES string of the molecule is C(=C1\CO[C@@H]2OCCC[C@H]12)/c1ccccc1. The summed E-state index contributed by atoms with van der Waals surface area (Å²) in [7, 11) is 0. The van der Waals surface area contributed by atoms with Crippen LogP contribution in [0.5, 0.6) is 0 Å². The van der Waals surface area contributed by atoms with E-state index >= 15 is 0 Å². The Morgan fingerprint density at radius 2 is 2.00 bits per heavy atom. The molecule has 3 rings (SSSR count). The van der Waals surface area contributed by atoms with Crippen LogP contribution in [0.2, 0.25) is 0 Å². The fourth-order valence-electron chi connectivity index (χ4n) is 2.48. The molecule has 2 atom stereocenters. The highest BCUT2D eigenvalue weighted by Crippen LogP contribution is 2.35. The number of hydrogen-bond acceptors (Lipinski definition) is 2. The van der Waals surface area contributed by atoms with Crippen LogP contribution in [0, 0.1) is 5.92 Å². The van der Waals surface area contributed by atoms with Crippen LogP contribution in [0.3, 0.4) is 0 Å². The minimum Gasteiger partial charge on any atom is -0.352 e. The maximum Gasteiger partial charge on any atom is 0.164 e. The lowest BCUT2D eigenvalue weighted by molar-refractivity contribution is -0.150. The Kier molecular flexibility index (Phi) is 2.77. The molecule has 84 valence electrons. The Labute approximate surface area is 95.9 Å². The quantitative estimate of drug-likeness (QED) is 0.718. The fraction of sp³-hybridized carbons (Fsp3) is 0.429. The van der Waals surface area contributed by atoms with Gasteiger partial charge in [-0.25, -0.2) is 0 Å². The van der Waals surface area contributed by atoms with Gasteiger partial charge >= 0.3 is 0 Å². The lowest BCUT2D eigenvalue weighted by atomic mass is 9.93. The summed E-state index contributed by atoms with van der Waals surface area (Å²) >= 11 is 0. The van der Waals surface area contributed by atoms with Crippen molar-refractivity contribution in [3.05, 3.63) is 41.5 Å². The van der Waals surface area contributed by atoms with E-state index in [1.54, 1.807) is 0 Å². The molecular formula is C14H16O2. The van der Waals surface area contributed by atoms with Gasteiger partial charge in [0.1, 0.15) is 0 Å². The van der Waals surface area contributed by atoms with Gasteiger partial charge in [-0.2, -0.15) is 0 Å². The van der Waals surface area contributed by atoms with Crippen LogP contribution in [0.4, 0.5) is 0 Å². The summed E-state index contributed by atoms with van der Waals surface area (Å²) in [4.78, 5) is 0. The topological polar surface area (TPSA) is 18.5 Å². The highest BCUT2D eigenvalue weighted by Gasteiger charge is 2.35. The Hall–Kier alpha value is -1.12. The lowest BCUT2D eigenvalue weighted by Crippen LogP contribution is -2.26. The fourth-order valence-corrected chi connectivity index (χ4v) is 2.48. The third-order valence-electron chi connectivity index (χ3n) is 3.31. The van der Waals surface area contributed by atoms with Crippen molar-refractivity contribution in [2.24, 2.45) is 5.92 Å². The number of hydrogen-bond donors (Lipinski definition) is 0. The van der Waals surface area contributed by atoms with Crippen LogP contribution in [0.25, 0.3) is 6.08 Å². The van der Waals surface area contributed by atoms with E-state index in [0.29, 0.717) is 5.92 Å². The molecule has 0 spiro atoms. The van der Waals surface area contributed by atoms with Gasteiger partial charge in [0.25, 0.3) is 0 Å². The monoisotopic (exact) mass is 216 g/mol. The van der Waals surface area contributed by atoms with E-state index in [1.165, 1.54) is 17.6 Å². The van der Waals surface area contributed by atoms with E-state index in [2.05, 4.69) is 30.3 Å². The van der Waals surface area contributed by atoms with Gasteiger partial charge in [0, 0.05) is 12.5 Å². The van der Waals surface area contributed by atoms with E-state index in [-0.39, 0.29) is 6.29 Å². The summed E-state index contributed by atoms with van der Waals surface area (Å²) in [5.74, 6) is 0.481. The van der Waals surface area contributed by atoms with Crippen molar-refractivity contribution in [1.82, 2.24) is 0 Å². The van der Waals surface area contributed by atoms with Gasteiger partial charge in [0.15, 0.2) is 6.29 Å². The molecule has 1 aromatic carbocycles. The maximum atomic E-state index is 5.65. The van der Waals surface area contributed by atoms with Gasteiger partial charge in [-0.1, -0.05) is 36.4 Å². The summed E-state index contributed by atoms with van der Waals surface area (Å²) in [6, 6.07) is 10.4. The van der Waals surface area contributed by atoms with Crippen LogP contribution >= 0.6 is 0 Å². The minimum atomic E-state index is 0.0173. The number of benzene rings is 1. The normalized spacial score (nSPS) is 31.6. The first-order valence-electron chi connectivity index (χ1n) is 5.92. The van der Waals surface area contributed by atoms with Gasteiger partial charge < -0.3 is 9.47 Å². The average Bonchev–Trinajstić information content (AvgIpc) is 2.74. The van der Waals surface area contributed by atoms with Crippen molar-refractivity contribution < 1.29 is 9.47 Å². The summed E-state index contributed by atoms with van der Waals surface area (Å²) in [5.41, 5.74) is 2.64. The van der Waals surface area contributed by atoms with Crippen molar-refractivity contribution in [2.45, 2.75) is 19.1 Å². The second-order valence-electron chi connectivity index (χ2n) is 4.43. The molecule has 2 aliphatic heterocycles. The van der Waals surface area contributed by atoms with E-state index in [0.717, 1.165) is 19.6 Å². The van der Waals surface area contributed by atoms with Crippen molar-refractivity contribution in [1.29, 1.82) is 0 Å². The Bertz CT molecular complexity index is 383. The molecule has 0 saturated carbocycles. The average molecular weight is 216 g/mol. The van der Waals surface area contributed by atoms with Gasteiger partial charge in [0.05, 0.1) is 6.61 Å². The molecule has 0 amide bonds. The van der Waals surface area contributed by atoms with Crippen LogP contribution in [0.1, 0.15) is 18.4 Å². The van der Waals surface area contributed by atoms with Crippen LogP contribution in [-0.2, 0) is 9.47 Å². The molecule has 2 aliphatic rings. The molecular weight excluding hydrogens is 200 g/mol. The molecule has 2 fully saturated rings. The Morgan fingerprint density at radius 3 is 2.88 bits per heavy atom. The second-order valence-corrected chi connectivity index (χ2v) is 4.43. The standard InChI is InChI=1S/C14H16O2/c1-2-5-11(6-3-1)9-12-10-16-14-13(12)7-4-8-15-14/h1-3,5-6,9,13-14H,4,7-8,10H2/b12-9-/t13-,14+/m1/s1.